The molecule has 0 saturated carbocycles. The lowest BCUT2D eigenvalue weighted by atomic mass is 10.0. The molecule has 0 bridgehead atoms. The molecule has 1 aliphatic rings. The molecule has 1 heterocycles. The summed E-state index contributed by atoms with van der Waals surface area (Å²) in [6.07, 6.45) is 4.04. The Hall–Kier alpha value is -0.980. The van der Waals surface area contributed by atoms with Gasteiger partial charge in [0.15, 0.2) is 0 Å². The largest absolute Gasteiger partial charge is 0.369 e. The normalized spacial score (nSPS) is 23.2. The zero-order valence-corrected chi connectivity index (χ0v) is 8.16. The highest BCUT2D eigenvalue weighted by Crippen LogP contribution is 2.23. The van der Waals surface area contributed by atoms with Crippen molar-refractivity contribution in [2.75, 3.05) is 11.4 Å². The molecule has 0 spiro atoms. The van der Waals surface area contributed by atoms with E-state index < -0.39 is 0 Å². The van der Waals surface area contributed by atoms with E-state index in [0.29, 0.717) is 6.04 Å². The van der Waals surface area contributed by atoms with Crippen molar-refractivity contribution in [1.29, 1.82) is 0 Å². The van der Waals surface area contributed by atoms with Gasteiger partial charge in [0.2, 0.25) is 0 Å². The molecule has 1 atom stereocenters. The van der Waals surface area contributed by atoms with Crippen LogP contribution in [0.15, 0.2) is 24.3 Å². The van der Waals surface area contributed by atoms with E-state index in [1.165, 1.54) is 31.5 Å². The van der Waals surface area contributed by atoms with Crippen molar-refractivity contribution in [2.45, 2.75) is 32.2 Å². The van der Waals surface area contributed by atoms with Gasteiger partial charge in [0, 0.05) is 18.3 Å². The Bertz CT molecular complexity index is 255. The van der Waals surface area contributed by atoms with Crippen LogP contribution in [0, 0.1) is 6.07 Å². The van der Waals surface area contributed by atoms with Gasteiger partial charge in [-0.05, 0) is 44.4 Å². The van der Waals surface area contributed by atoms with E-state index in [-0.39, 0.29) is 0 Å². The van der Waals surface area contributed by atoms with E-state index in [0.717, 1.165) is 0 Å². The number of rotatable bonds is 1. The molecule has 1 saturated heterocycles. The first kappa shape index (κ1) is 8.61. The number of hydrogen-bond donors (Lipinski definition) is 0. The van der Waals surface area contributed by atoms with Crippen LogP contribution in [-0.2, 0) is 0 Å². The number of hydrogen-bond acceptors (Lipinski definition) is 1. The maximum atomic E-state index is 3.14. The second-order valence-electron chi connectivity index (χ2n) is 3.80. The third kappa shape index (κ3) is 1.85. The Morgan fingerprint density at radius 1 is 1.46 bits per heavy atom. The van der Waals surface area contributed by atoms with E-state index in [1.54, 1.807) is 0 Å². The Morgan fingerprint density at radius 2 is 2.38 bits per heavy atom. The maximum Gasteiger partial charge on any atom is 0.0374 e. The van der Waals surface area contributed by atoms with Gasteiger partial charge >= 0.3 is 0 Å². The summed E-state index contributed by atoms with van der Waals surface area (Å²) in [4.78, 5) is 2.49. The molecular formula is C12H16N. The van der Waals surface area contributed by atoms with E-state index in [2.05, 4.69) is 36.1 Å². The molecule has 1 aliphatic heterocycles. The minimum atomic E-state index is 0.699. The molecule has 0 N–H and O–H groups in total. The smallest absolute Gasteiger partial charge is 0.0374 e. The molecule has 0 aromatic heterocycles. The van der Waals surface area contributed by atoms with Crippen molar-refractivity contribution in [3.05, 3.63) is 30.3 Å². The summed E-state index contributed by atoms with van der Waals surface area (Å²) in [7, 11) is 0. The van der Waals surface area contributed by atoms with E-state index >= 15 is 0 Å². The Labute approximate surface area is 80.4 Å². The third-order valence-electron chi connectivity index (χ3n) is 2.83. The predicted octanol–water partition coefficient (Wildman–Crippen LogP) is 2.87. The molecule has 69 valence electrons. The molecule has 1 nitrogen and oxygen atoms in total. The van der Waals surface area contributed by atoms with Crippen LogP contribution in [0.1, 0.15) is 26.2 Å². The zero-order chi connectivity index (χ0) is 9.10. The van der Waals surface area contributed by atoms with Crippen LogP contribution in [0.25, 0.3) is 0 Å². The third-order valence-corrected chi connectivity index (χ3v) is 2.83. The summed E-state index contributed by atoms with van der Waals surface area (Å²) >= 11 is 0. The van der Waals surface area contributed by atoms with Crippen LogP contribution in [0.2, 0.25) is 0 Å². The average Bonchev–Trinajstić information content (AvgIpc) is 2.20. The molecule has 1 aromatic carbocycles. The Kier molecular flexibility index (Phi) is 2.53. The van der Waals surface area contributed by atoms with Crippen molar-refractivity contribution >= 4 is 5.69 Å². The van der Waals surface area contributed by atoms with Gasteiger partial charge in [0.1, 0.15) is 0 Å². The highest BCUT2D eigenvalue weighted by Gasteiger charge is 2.17. The molecule has 0 unspecified atom stereocenters. The fourth-order valence-corrected chi connectivity index (χ4v) is 2.04. The molecule has 1 radical (unpaired) electrons. The first-order chi connectivity index (χ1) is 6.38. The van der Waals surface area contributed by atoms with E-state index in [4.69, 9.17) is 0 Å². The van der Waals surface area contributed by atoms with Gasteiger partial charge in [-0.15, -0.1) is 0 Å². The zero-order valence-electron chi connectivity index (χ0n) is 8.16. The number of anilines is 1. The second kappa shape index (κ2) is 3.82. The molecule has 1 fully saturated rings. The monoisotopic (exact) mass is 174 g/mol. The minimum Gasteiger partial charge on any atom is -0.369 e. The van der Waals surface area contributed by atoms with Crippen LogP contribution in [-0.4, -0.2) is 12.6 Å². The van der Waals surface area contributed by atoms with Gasteiger partial charge in [-0.25, -0.2) is 0 Å². The lowest BCUT2D eigenvalue weighted by Crippen LogP contribution is -2.37. The second-order valence-corrected chi connectivity index (χ2v) is 3.80. The fraction of sp³-hybridized carbons (Fsp3) is 0.500. The van der Waals surface area contributed by atoms with Gasteiger partial charge in [0.05, 0.1) is 0 Å². The van der Waals surface area contributed by atoms with Crippen LogP contribution in [0.5, 0.6) is 0 Å². The number of piperidine rings is 1. The topological polar surface area (TPSA) is 3.24 Å². The van der Waals surface area contributed by atoms with Gasteiger partial charge in [-0.3, -0.25) is 0 Å². The van der Waals surface area contributed by atoms with Gasteiger partial charge in [-0.2, -0.15) is 0 Å². The van der Waals surface area contributed by atoms with Crippen LogP contribution >= 0.6 is 0 Å². The molecular weight excluding hydrogens is 158 g/mol. The minimum absolute atomic E-state index is 0.699. The van der Waals surface area contributed by atoms with Crippen LogP contribution in [0.3, 0.4) is 0 Å². The van der Waals surface area contributed by atoms with E-state index in [1.807, 2.05) is 6.07 Å². The number of benzene rings is 1. The summed E-state index contributed by atoms with van der Waals surface area (Å²) in [6.45, 7) is 3.52. The van der Waals surface area contributed by atoms with Crippen LogP contribution in [0.4, 0.5) is 5.69 Å². The van der Waals surface area contributed by atoms with Gasteiger partial charge < -0.3 is 4.90 Å². The van der Waals surface area contributed by atoms with Crippen LogP contribution < -0.4 is 4.90 Å². The maximum absolute atomic E-state index is 3.14. The van der Waals surface area contributed by atoms with Crippen molar-refractivity contribution in [3.8, 4) is 0 Å². The first-order valence-corrected chi connectivity index (χ1v) is 5.10. The highest BCUT2D eigenvalue weighted by molar-refractivity contribution is 5.46. The highest BCUT2D eigenvalue weighted by atomic mass is 15.2. The number of nitrogens with zero attached hydrogens (tertiary/aromatic N) is 1. The molecule has 1 heteroatoms. The average molecular weight is 174 g/mol. The summed E-state index contributed by atoms with van der Waals surface area (Å²) in [6, 6.07) is 12.1. The quantitative estimate of drug-likeness (QED) is 0.632. The Morgan fingerprint density at radius 3 is 3.08 bits per heavy atom. The lowest BCUT2D eigenvalue weighted by Gasteiger charge is -2.35. The first-order valence-electron chi connectivity index (χ1n) is 5.10. The standard InChI is InChI=1S/C12H16N/c1-11-7-5-6-10-13(11)12-8-3-2-4-9-12/h2-3,8-9,11H,5-7,10H2,1H3/t11-/m0/s1. The van der Waals surface area contributed by atoms with Crippen molar-refractivity contribution in [2.24, 2.45) is 0 Å². The predicted molar refractivity (Wildman–Crippen MR) is 55.9 cm³/mol. The molecule has 13 heavy (non-hydrogen) atoms. The lowest BCUT2D eigenvalue weighted by molar-refractivity contribution is 0.485. The summed E-state index contributed by atoms with van der Waals surface area (Å²) in [5.74, 6) is 0. The fourth-order valence-electron chi connectivity index (χ4n) is 2.04. The SMILES string of the molecule is C[C@H]1CCCCN1c1c[c]ccc1. The molecule has 0 aliphatic carbocycles. The summed E-state index contributed by atoms with van der Waals surface area (Å²) in [5, 5.41) is 0. The van der Waals surface area contributed by atoms with Gasteiger partial charge in [0.25, 0.3) is 0 Å². The van der Waals surface area contributed by atoms with Crippen molar-refractivity contribution in [3.63, 3.8) is 0 Å². The van der Waals surface area contributed by atoms with Crippen molar-refractivity contribution in [1.82, 2.24) is 0 Å². The van der Waals surface area contributed by atoms with Gasteiger partial charge in [-0.1, -0.05) is 12.1 Å². The molecule has 0 amide bonds. The molecule has 1 aromatic rings. The Balaban J connectivity index is 2.15. The summed E-state index contributed by atoms with van der Waals surface area (Å²) < 4.78 is 0. The van der Waals surface area contributed by atoms with Crippen molar-refractivity contribution < 1.29 is 0 Å². The summed E-state index contributed by atoms with van der Waals surface area (Å²) in [5.41, 5.74) is 1.33. The van der Waals surface area contributed by atoms with E-state index in [9.17, 15) is 0 Å². The molecule has 2 rings (SSSR count).